The minimum atomic E-state index is 0.854. The summed E-state index contributed by atoms with van der Waals surface area (Å²) < 4.78 is 0. The summed E-state index contributed by atoms with van der Waals surface area (Å²) >= 11 is 0. The number of hydrogen-bond acceptors (Lipinski definition) is 3. The second-order valence-corrected chi connectivity index (χ2v) is 4.96. The lowest BCUT2D eigenvalue weighted by atomic mass is 10.1. The standard InChI is InChI=1S/C16H23N3/c1-4-5-10-19(3)16-15-9-7-6-8-14(15)13(11-17-2)12-18-16/h6-9,12,17H,4-5,10-11H2,1-3H3. The highest BCUT2D eigenvalue weighted by atomic mass is 15.2. The third-order valence-electron chi connectivity index (χ3n) is 3.43. The van der Waals surface area contributed by atoms with Crippen molar-refractivity contribution in [3.63, 3.8) is 0 Å². The second-order valence-electron chi connectivity index (χ2n) is 4.96. The lowest BCUT2D eigenvalue weighted by Crippen LogP contribution is -2.20. The molecule has 0 spiro atoms. The fraction of sp³-hybridized carbons (Fsp3) is 0.438. The molecule has 0 radical (unpaired) electrons. The van der Waals surface area contributed by atoms with Crippen molar-refractivity contribution in [3.05, 3.63) is 36.0 Å². The van der Waals surface area contributed by atoms with Gasteiger partial charge in [-0.15, -0.1) is 0 Å². The van der Waals surface area contributed by atoms with Gasteiger partial charge >= 0.3 is 0 Å². The molecule has 0 atom stereocenters. The number of pyridine rings is 1. The molecule has 3 nitrogen and oxygen atoms in total. The Balaban J connectivity index is 2.43. The Morgan fingerprint density at radius 2 is 1.95 bits per heavy atom. The lowest BCUT2D eigenvalue weighted by molar-refractivity contribution is 0.760. The maximum Gasteiger partial charge on any atom is 0.136 e. The number of fused-ring (bicyclic) bond motifs is 1. The third-order valence-corrected chi connectivity index (χ3v) is 3.43. The van der Waals surface area contributed by atoms with Crippen LogP contribution in [0.4, 0.5) is 5.82 Å². The number of hydrogen-bond donors (Lipinski definition) is 1. The van der Waals surface area contributed by atoms with E-state index in [9.17, 15) is 0 Å². The monoisotopic (exact) mass is 257 g/mol. The lowest BCUT2D eigenvalue weighted by Gasteiger charge is -2.20. The highest BCUT2D eigenvalue weighted by Gasteiger charge is 2.09. The Hall–Kier alpha value is -1.61. The number of rotatable bonds is 6. The summed E-state index contributed by atoms with van der Waals surface area (Å²) in [6, 6.07) is 8.53. The SMILES string of the molecule is CCCCN(C)c1ncc(CNC)c2ccccc12. The van der Waals surface area contributed by atoms with Gasteiger partial charge < -0.3 is 10.2 Å². The Labute approximate surface area is 115 Å². The second kappa shape index (κ2) is 6.53. The van der Waals surface area contributed by atoms with E-state index in [1.54, 1.807) is 0 Å². The van der Waals surface area contributed by atoms with Gasteiger partial charge in [0.2, 0.25) is 0 Å². The molecule has 0 saturated heterocycles. The predicted molar refractivity (Wildman–Crippen MR) is 82.7 cm³/mol. The normalized spacial score (nSPS) is 10.9. The van der Waals surface area contributed by atoms with Crippen molar-refractivity contribution in [2.75, 3.05) is 25.5 Å². The summed E-state index contributed by atoms with van der Waals surface area (Å²) in [5, 5.41) is 5.75. The number of benzene rings is 1. The summed E-state index contributed by atoms with van der Waals surface area (Å²) in [5.74, 6) is 1.09. The topological polar surface area (TPSA) is 28.2 Å². The predicted octanol–water partition coefficient (Wildman–Crippen LogP) is 3.19. The van der Waals surface area contributed by atoms with E-state index in [2.05, 4.69) is 53.4 Å². The molecule has 0 saturated carbocycles. The smallest absolute Gasteiger partial charge is 0.136 e. The Morgan fingerprint density at radius 1 is 1.21 bits per heavy atom. The van der Waals surface area contributed by atoms with E-state index in [0.717, 1.165) is 18.9 Å². The quantitative estimate of drug-likeness (QED) is 0.861. The first-order valence-corrected chi connectivity index (χ1v) is 7.00. The van der Waals surface area contributed by atoms with Crippen LogP contribution in [0.2, 0.25) is 0 Å². The molecule has 0 aliphatic carbocycles. The highest BCUT2D eigenvalue weighted by Crippen LogP contribution is 2.26. The van der Waals surface area contributed by atoms with E-state index in [0.29, 0.717) is 0 Å². The summed E-state index contributed by atoms with van der Waals surface area (Å²) in [6.07, 6.45) is 4.40. The zero-order valence-corrected chi connectivity index (χ0v) is 12.1. The largest absolute Gasteiger partial charge is 0.359 e. The van der Waals surface area contributed by atoms with Crippen LogP contribution in [-0.2, 0) is 6.54 Å². The minimum Gasteiger partial charge on any atom is -0.359 e. The highest BCUT2D eigenvalue weighted by molar-refractivity contribution is 5.94. The maximum atomic E-state index is 4.66. The van der Waals surface area contributed by atoms with E-state index in [-0.39, 0.29) is 0 Å². The zero-order valence-electron chi connectivity index (χ0n) is 12.1. The molecule has 0 amide bonds. The molecule has 2 rings (SSSR count). The van der Waals surface area contributed by atoms with Crippen molar-refractivity contribution in [1.29, 1.82) is 0 Å². The number of aromatic nitrogens is 1. The molecule has 0 bridgehead atoms. The molecule has 1 aromatic carbocycles. The van der Waals surface area contributed by atoms with E-state index in [1.165, 1.54) is 29.2 Å². The molecule has 0 aliphatic rings. The number of anilines is 1. The molecular weight excluding hydrogens is 234 g/mol. The molecule has 3 heteroatoms. The first kappa shape index (κ1) is 13.8. The van der Waals surface area contributed by atoms with Gasteiger partial charge in [-0.05, 0) is 24.4 Å². The number of nitrogens with one attached hydrogen (secondary N) is 1. The Kier molecular flexibility index (Phi) is 4.74. The number of nitrogens with zero attached hydrogens (tertiary/aromatic N) is 2. The zero-order chi connectivity index (χ0) is 13.7. The van der Waals surface area contributed by atoms with E-state index >= 15 is 0 Å². The molecule has 1 heterocycles. The summed E-state index contributed by atoms with van der Waals surface area (Å²) in [5.41, 5.74) is 1.26. The van der Waals surface area contributed by atoms with E-state index < -0.39 is 0 Å². The Morgan fingerprint density at radius 3 is 2.63 bits per heavy atom. The molecule has 102 valence electrons. The van der Waals surface area contributed by atoms with Gasteiger partial charge in [0, 0.05) is 31.7 Å². The number of unbranched alkanes of at least 4 members (excludes halogenated alkanes) is 1. The molecule has 0 aliphatic heterocycles. The average Bonchev–Trinajstić information content (AvgIpc) is 2.45. The summed E-state index contributed by atoms with van der Waals surface area (Å²) in [6.45, 7) is 4.13. The van der Waals surface area contributed by atoms with Crippen LogP contribution >= 0.6 is 0 Å². The van der Waals surface area contributed by atoms with Crippen molar-refractivity contribution < 1.29 is 0 Å². The van der Waals surface area contributed by atoms with Gasteiger partial charge in [-0.3, -0.25) is 0 Å². The molecule has 19 heavy (non-hydrogen) atoms. The van der Waals surface area contributed by atoms with Crippen LogP contribution in [0.15, 0.2) is 30.5 Å². The van der Waals surface area contributed by atoms with Crippen LogP contribution in [-0.4, -0.2) is 25.6 Å². The van der Waals surface area contributed by atoms with Gasteiger partial charge in [0.15, 0.2) is 0 Å². The first-order valence-electron chi connectivity index (χ1n) is 7.00. The Bertz CT molecular complexity index is 537. The summed E-state index contributed by atoms with van der Waals surface area (Å²) in [7, 11) is 4.10. The van der Waals surface area contributed by atoms with Gasteiger partial charge in [0.05, 0.1) is 0 Å². The van der Waals surface area contributed by atoms with E-state index in [1.807, 2.05) is 13.2 Å². The minimum absolute atomic E-state index is 0.854. The van der Waals surface area contributed by atoms with Crippen molar-refractivity contribution in [2.24, 2.45) is 0 Å². The van der Waals surface area contributed by atoms with Gasteiger partial charge in [-0.1, -0.05) is 37.6 Å². The fourth-order valence-electron chi connectivity index (χ4n) is 2.37. The van der Waals surface area contributed by atoms with Crippen LogP contribution in [0.3, 0.4) is 0 Å². The van der Waals surface area contributed by atoms with Crippen LogP contribution in [0, 0.1) is 0 Å². The van der Waals surface area contributed by atoms with Crippen LogP contribution in [0.5, 0.6) is 0 Å². The van der Waals surface area contributed by atoms with Gasteiger partial charge in [0.1, 0.15) is 5.82 Å². The maximum absolute atomic E-state index is 4.66. The molecule has 1 N–H and O–H groups in total. The molecule has 2 aromatic rings. The van der Waals surface area contributed by atoms with Crippen molar-refractivity contribution >= 4 is 16.6 Å². The van der Waals surface area contributed by atoms with Gasteiger partial charge in [-0.25, -0.2) is 4.98 Å². The molecule has 1 aromatic heterocycles. The molecular formula is C16H23N3. The third kappa shape index (κ3) is 3.04. The molecule has 0 fully saturated rings. The van der Waals surface area contributed by atoms with Gasteiger partial charge in [0.25, 0.3) is 0 Å². The van der Waals surface area contributed by atoms with Crippen molar-refractivity contribution in [3.8, 4) is 0 Å². The van der Waals surface area contributed by atoms with E-state index in [4.69, 9.17) is 0 Å². The van der Waals surface area contributed by atoms with Crippen LogP contribution in [0.1, 0.15) is 25.3 Å². The van der Waals surface area contributed by atoms with Gasteiger partial charge in [-0.2, -0.15) is 0 Å². The van der Waals surface area contributed by atoms with Crippen molar-refractivity contribution in [1.82, 2.24) is 10.3 Å². The fourth-order valence-corrected chi connectivity index (χ4v) is 2.37. The average molecular weight is 257 g/mol. The summed E-state index contributed by atoms with van der Waals surface area (Å²) in [4.78, 5) is 6.92. The van der Waals surface area contributed by atoms with Crippen LogP contribution in [0.25, 0.3) is 10.8 Å². The van der Waals surface area contributed by atoms with Crippen LogP contribution < -0.4 is 10.2 Å². The van der Waals surface area contributed by atoms with Crippen molar-refractivity contribution in [2.45, 2.75) is 26.3 Å². The first-order chi connectivity index (χ1) is 9.27. The molecule has 0 unspecified atom stereocenters.